The first kappa shape index (κ1) is 30.9. The summed E-state index contributed by atoms with van der Waals surface area (Å²) in [5, 5.41) is 3.12. The molecule has 5 rings (SSSR count). The molecule has 1 aliphatic heterocycles. The van der Waals surface area contributed by atoms with Gasteiger partial charge in [-0.2, -0.15) is 0 Å². The number of amides is 2. The standard InChI is InChI=1S/C32H36BrN3O6S/c1-23(32(38)34-26-11-4-2-5-12-26)35(21-24-9-8-10-25(33)19-24)31(37)22-36(43(39,40)28-13-6-3-7-14-28)27-15-16-29-30(20-27)42-18-17-41-29/h3,6-10,13-16,19-20,23,26H,2,4-5,11-12,17-18,21-22H2,1H3,(H,34,38)/t23-/m0/s1. The van der Waals surface area contributed by atoms with E-state index < -0.39 is 28.5 Å². The summed E-state index contributed by atoms with van der Waals surface area (Å²) >= 11 is 3.48. The van der Waals surface area contributed by atoms with Crippen molar-refractivity contribution in [3.05, 3.63) is 82.8 Å². The summed E-state index contributed by atoms with van der Waals surface area (Å²) in [7, 11) is -4.18. The van der Waals surface area contributed by atoms with E-state index in [0.29, 0.717) is 24.7 Å². The summed E-state index contributed by atoms with van der Waals surface area (Å²) in [6.45, 7) is 2.01. The van der Waals surface area contributed by atoms with Gasteiger partial charge in [-0.15, -0.1) is 0 Å². The van der Waals surface area contributed by atoms with Crippen molar-refractivity contribution in [2.24, 2.45) is 0 Å². The fourth-order valence-corrected chi connectivity index (χ4v) is 7.29. The van der Waals surface area contributed by atoms with Gasteiger partial charge >= 0.3 is 0 Å². The number of nitrogens with one attached hydrogen (secondary N) is 1. The third-order valence-electron chi connectivity index (χ3n) is 7.78. The van der Waals surface area contributed by atoms with Gasteiger partial charge in [0.25, 0.3) is 10.0 Å². The summed E-state index contributed by atoms with van der Waals surface area (Å²) in [5.74, 6) is 0.131. The minimum absolute atomic E-state index is 0.0410. The van der Waals surface area contributed by atoms with E-state index in [0.717, 1.165) is 46.4 Å². The number of hydrogen-bond donors (Lipinski definition) is 1. The van der Waals surface area contributed by atoms with Crippen molar-refractivity contribution in [1.82, 2.24) is 10.2 Å². The van der Waals surface area contributed by atoms with Gasteiger partial charge in [-0.25, -0.2) is 8.42 Å². The monoisotopic (exact) mass is 669 g/mol. The molecule has 1 heterocycles. The molecule has 0 unspecified atom stereocenters. The number of benzene rings is 3. The van der Waals surface area contributed by atoms with Crippen molar-refractivity contribution in [3.63, 3.8) is 0 Å². The minimum Gasteiger partial charge on any atom is -0.486 e. The molecule has 1 fully saturated rings. The molecule has 0 radical (unpaired) electrons. The highest BCUT2D eigenvalue weighted by atomic mass is 79.9. The summed E-state index contributed by atoms with van der Waals surface area (Å²) in [6, 6.07) is 19.5. The number of rotatable bonds is 10. The Morgan fingerprint density at radius 1 is 0.930 bits per heavy atom. The van der Waals surface area contributed by atoms with Crippen LogP contribution in [0.1, 0.15) is 44.6 Å². The number of hydrogen-bond acceptors (Lipinski definition) is 6. The molecule has 2 amide bonds. The van der Waals surface area contributed by atoms with E-state index in [2.05, 4.69) is 21.2 Å². The van der Waals surface area contributed by atoms with Crippen molar-refractivity contribution in [3.8, 4) is 11.5 Å². The maximum absolute atomic E-state index is 14.2. The topological polar surface area (TPSA) is 105 Å². The second-order valence-electron chi connectivity index (χ2n) is 10.8. The second-order valence-corrected chi connectivity index (χ2v) is 13.6. The van der Waals surface area contributed by atoms with Crippen LogP contribution < -0.4 is 19.1 Å². The van der Waals surface area contributed by atoms with Gasteiger partial charge in [0.15, 0.2) is 11.5 Å². The molecule has 1 saturated carbocycles. The number of fused-ring (bicyclic) bond motifs is 1. The molecule has 1 aliphatic carbocycles. The quantitative estimate of drug-likeness (QED) is 0.315. The van der Waals surface area contributed by atoms with Gasteiger partial charge in [0, 0.05) is 23.1 Å². The summed E-state index contributed by atoms with van der Waals surface area (Å²) in [5.41, 5.74) is 1.06. The molecule has 228 valence electrons. The molecule has 11 heteroatoms. The third kappa shape index (κ3) is 7.51. The van der Waals surface area contributed by atoms with Crippen LogP contribution in [0.5, 0.6) is 11.5 Å². The van der Waals surface area contributed by atoms with Gasteiger partial charge in [-0.05, 0) is 61.7 Å². The molecular formula is C32H36BrN3O6S. The van der Waals surface area contributed by atoms with E-state index in [1.54, 1.807) is 43.3 Å². The smallest absolute Gasteiger partial charge is 0.264 e. The SMILES string of the molecule is C[C@@H](C(=O)NC1CCCCC1)N(Cc1cccc(Br)c1)C(=O)CN(c1ccc2c(c1)OCCO2)S(=O)(=O)c1ccccc1. The fourth-order valence-electron chi connectivity index (χ4n) is 5.42. The molecule has 0 spiro atoms. The maximum Gasteiger partial charge on any atom is 0.264 e. The average Bonchev–Trinajstić information content (AvgIpc) is 3.02. The van der Waals surface area contributed by atoms with Crippen LogP contribution in [0.2, 0.25) is 0 Å². The van der Waals surface area contributed by atoms with Crippen LogP contribution in [-0.2, 0) is 26.2 Å². The normalized spacial score (nSPS) is 15.8. The van der Waals surface area contributed by atoms with Crippen molar-refractivity contribution in [1.29, 1.82) is 0 Å². The van der Waals surface area contributed by atoms with E-state index in [-0.39, 0.29) is 29.1 Å². The Labute approximate surface area is 261 Å². The number of sulfonamides is 1. The van der Waals surface area contributed by atoms with Crippen LogP contribution in [0.3, 0.4) is 0 Å². The number of carbonyl (C=O) groups excluding carboxylic acids is 2. The largest absolute Gasteiger partial charge is 0.486 e. The molecule has 9 nitrogen and oxygen atoms in total. The maximum atomic E-state index is 14.2. The highest BCUT2D eigenvalue weighted by Gasteiger charge is 2.34. The Morgan fingerprint density at radius 2 is 1.65 bits per heavy atom. The van der Waals surface area contributed by atoms with E-state index in [1.807, 2.05) is 24.3 Å². The van der Waals surface area contributed by atoms with Crippen molar-refractivity contribution in [2.75, 3.05) is 24.1 Å². The highest BCUT2D eigenvalue weighted by Crippen LogP contribution is 2.36. The first-order valence-corrected chi connectivity index (χ1v) is 16.8. The van der Waals surface area contributed by atoms with Crippen LogP contribution in [0, 0.1) is 0 Å². The van der Waals surface area contributed by atoms with Crippen LogP contribution in [0.4, 0.5) is 5.69 Å². The number of carbonyl (C=O) groups is 2. The molecule has 43 heavy (non-hydrogen) atoms. The minimum atomic E-state index is -4.18. The third-order valence-corrected chi connectivity index (χ3v) is 10.1. The highest BCUT2D eigenvalue weighted by molar-refractivity contribution is 9.10. The Balaban J connectivity index is 1.48. The van der Waals surface area contributed by atoms with Gasteiger partial charge < -0.3 is 19.7 Å². The van der Waals surface area contributed by atoms with Gasteiger partial charge in [-0.3, -0.25) is 13.9 Å². The first-order chi connectivity index (χ1) is 20.7. The van der Waals surface area contributed by atoms with Crippen LogP contribution in [0.25, 0.3) is 0 Å². The van der Waals surface area contributed by atoms with Crippen LogP contribution in [-0.4, -0.2) is 57.0 Å². The van der Waals surface area contributed by atoms with E-state index in [4.69, 9.17) is 9.47 Å². The van der Waals surface area contributed by atoms with E-state index >= 15 is 0 Å². The van der Waals surface area contributed by atoms with Gasteiger partial charge in [0.05, 0.1) is 10.6 Å². The Kier molecular flexibility index (Phi) is 9.92. The summed E-state index contributed by atoms with van der Waals surface area (Å²) < 4.78 is 41.3. The predicted molar refractivity (Wildman–Crippen MR) is 168 cm³/mol. The molecular weight excluding hydrogens is 634 g/mol. The number of nitrogens with zero attached hydrogens (tertiary/aromatic N) is 2. The lowest BCUT2D eigenvalue weighted by molar-refractivity contribution is -0.139. The molecule has 1 N–H and O–H groups in total. The van der Waals surface area contributed by atoms with Gasteiger partial charge in [0.1, 0.15) is 25.8 Å². The summed E-state index contributed by atoms with van der Waals surface area (Å²) in [6.07, 6.45) is 5.08. The van der Waals surface area contributed by atoms with Crippen molar-refractivity contribution < 1.29 is 27.5 Å². The fraction of sp³-hybridized carbons (Fsp3) is 0.375. The molecule has 1 atom stereocenters. The van der Waals surface area contributed by atoms with E-state index in [1.165, 1.54) is 17.0 Å². The Bertz CT molecular complexity index is 1550. The Hall–Kier alpha value is -3.57. The molecule has 0 aromatic heterocycles. The lowest BCUT2D eigenvalue weighted by Crippen LogP contribution is -2.53. The second kappa shape index (κ2) is 13.8. The first-order valence-electron chi connectivity index (χ1n) is 14.5. The molecule has 0 saturated heterocycles. The van der Waals surface area contributed by atoms with E-state index in [9.17, 15) is 18.0 Å². The lowest BCUT2D eigenvalue weighted by atomic mass is 9.95. The molecule has 3 aromatic carbocycles. The Morgan fingerprint density at radius 3 is 2.37 bits per heavy atom. The zero-order valence-corrected chi connectivity index (χ0v) is 26.5. The number of ether oxygens (including phenoxy) is 2. The molecule has 2 aliphatic rings. The van der Waals surface area contributed by atoms with Crippen molar-refractivity contribution >= 4 is 43.5 Å². The number of halogens is 1. The predicted octanol–water partition coefficient (Wildman–Crippen LogP) is 5.28. The van der Waals surface area contributed by atoms with Gasteiger partial charge in [0.2, 0.25) is 11.8 Å². The zero-order chi connectivity index (χ0) is 30.4. The average molecular weight is 671 g/mol. The van der Waals surface area contributed by atoms with Crippen LogP contribution >= 0.6 is 15.9 Å². The lowest BCUT2D eigenvalue weighted by Gasteiger charge is -2.33. The molecule has 3 aromatic rings. The van der Waals surface area contributed by atoms with Gasteiger partial charge in [-0.1, -0.05) is 65.5 Å². The summed E-state index contributed by atoms with van der Waals surface area (Å²) in [4.78, 5) is 29.2. The van der Waals surface area contributed by atoms with Crippen LogP contribution in [0.15, 0.2) is 82.2 Å². The zero-order valence-electron chi connectivity index (χ0n) is 24.1. The number of anilines is 1. The van der Waals surface area contributed by atoms with Crippen molar-refractivity contribution in [2.45, 2.75) is 62.6 Å². The molecule has 0 bridgehead atoms.